The number of nitrogens with zero attached hydrogens (tertiary/aromatic N) is 1. The van der Waals surface area contributed by atoms with E-state index in [1.807, 2.05) is 35.6 Å². The van der Waals surface area contributed by atoms with Gasteiger partial charge in [0.15, 0.2) is 5.58 Å². The second kappa shape index (κ2) is 6.05. The van der Waals surface area contributed by atoms with Crippen LogP contribution in [0.3, 0.4) is 0 Å². The molecule has 5 heteroatoms. The first-order valence-electron chi connectivity index (χ1n) is 9.58. The molecule has 142 valence electrons. The van der Waals surface area contributed by atoms with Crippen molar-refractivity contribution in [3.8, 4) is 10.6 Å². The van der Waals surface area contributed by atoms with E-state index in [9.17, 15) is 0 Å². The maximum absolute atomic E-state index is 6.36. The fourth-order valence-electron chi connectivity index (χ4n) is 4.22. The summed E-state index contributed by atoms with van der Waals surface area (Å²) in [5.41, 5.74) is 3.72. The van der Waals surface area contributed by atoms with Crippen molar-refractivity contribution >= 4 is 86.6 Å². The summed E-state index contributed by atoms with van der Waals surface area (Å²) < 4.78 is 9.79. The zero-order chi connectivity index (χ0) is 19.8. The highest BCUT2D eigenvalue weighted by molar-refractivity contribution is 7.26. The minimum Gasteiger partial charge on any atom is -0.454 e. The van der Waals surface area contributed by atoms with Gasteiger partial charge in [0.2, 0.25) is 0 Å². The molecule has 0 fully saturated rings. The Morgan fingerprint density at radius 2 is 1.63 bits per heavy atom. The van der Waals surface area contributed by atoms with E-state index >= 15 is 0 Å². The molecule has 30 heavy (non-hydrogen) atoms. The van der Waals surface area contributed by atoms with Crippen LogP contribution in [-0.4, -0.2) is 4.98 Å². The Morgan fingerprint density at radius 3 is 2.60 bits per heavy atom. The van der Waals surface area contributed by atoms with Gasteiger partial charge in [-0.1, -0.05) is 54.1 Å². The van der Waals surface area contributed by atoms with Gasteiger partial charge in [-0.2, -0.15) is 0 Å². The van der Waals surface area contributed by atoms with Crippen molar-refractivity contribution in [2.75, 3.05) is 0 Å². The Hall–Kier alpha value is -2.92. The van der Waals surface area contributed by atoms with E-state index in [-0.39, 0.29) is 0 Å². The van der Waals surface area contributed by atoms with E-state index in [2.05, 4.69) is 48.5 Å². The number of halogens is 1. The second-order valence-electron chi connectivity index (χ2n) is 7.33. The van der Waals surface area contributed by atoms with Gasteiger partial charge >= 0.3 is 0 Å². The second-order valence-corrected chi connectivity index (χ2v) is 9.82. The van der Waals surface area contributed by atoms with Gasteiger partial charge in [-0.05, 0) is 30.3 Å². The zero-order valence-corrected chi connectivity index (χ0v) is 17.9. The average Bonchev–Trinajstić information content (AvgIpc) is 3.46. The Morgan fingerprint density at radius 1 is 0.767 bits per heavy atom. The molecule has 3 heterocycles. The van der Waals surface area contributed by atoms with E-state index in [0.29, 0.717) is 5.02 Å². The Bertz CT molecular complexity index is 1770. The molecule has 0 saturated heterocycles. The van der Waals surface area contributed by atoms with Gasteiger partial charge < -0.3 is 4.42 Å². The van der Waals surface area contributed by atoms with Crippen LogP contribution < -0.4 is 0 Å². The third-order valence-corrected chi connectivity index (χ3v) is 8.16. The van der Waals surface area contributed by atoms with Gasteiger partial charge in [-0.15, -0.1) is 22.7 Å². The van der Waals surface area contributed by atoms with Crippen molar-refractivity contribution in [3.05, 3.63) is 77.8 Å². The van der Waals surface area contributed by atoms with Gasteiger partial charge in [0, 0.05) is 36.5 Å². The predicted molar refractivity (Wildman–Crippen MR) is 130 cm³/mol. The van der Waals surface area contributed by atoms with Crippen LogP contribution in [0.25, 0.3) is 62.9 Å². The number of benzene rings is 4. The monoisotopic (exact) mass is 441 g/mol. The molecule has 0 amide bonds. The number of rotatable bonds is 1. The number of fused-ring (bicyclic) bond motifs is 8. The number of furan rings is 1. The molecule has 7 rings (SSSR count). The normalized spacial score (nSPS) is 12.2. The van der Waals surface area contributed by atoms with Crippen molar-refractivity contribution in [3.63, 3.8) is 0 Å². The van der Waals surface area contributed by atoms with Crippen molar-refractivity contribution in [2.45, 2.75) is 0 Å². The summed E-state index contributed by atoms with van der Waals surface area (Å²) in [7, 11) is 0. The van der Waals surface area contributed by atoms with Crippen LogP contribution in [0.2, 0.25) is 5.02 Å². The molecule has 0 N–H and O–H groups in total. The topological polar surface area (TPSA) is 26.0 Å². The first kappa shape index (κ1) is 16.8. The van der Waals surface area contributed by atoms with Crippen molar-refractivity contribution < 1.29 is 4.42 Å². The van der Waals surface area contributed by atoms with E-state index in [1.165, 1.54) is 20.2 Å². The summed E-state index contributed by atoms with van der Waals surface area (Å²) in [4.78, 5) is 4.95. The molecule has 0 aliphatic heterocycles. The molecule has 0 spiro atoms. The molecule has 0 atom stereocenters. The number of hydrogen-bond acceptors (Lipinski definition) is 4. The maximum atomic E-state index is 6.36. The van der Waals surface area contributed by atoms with Crippen molar-refractivity contribution in [1.82, 2.24) is 4.98 Å². The molecule has 3 aromatic heterocycles. The SMILES string of the molecule is Clc1cccc2c1oc1ccc3nc(-c4ccc5c(c4)sc4ccccc45)sc3c12. The maximum Gasteiger partial charge on any atom is 0.154 e. The number of thiazole rings is 1. The smallest absolute Gasteiger partial charge is 0.154 e. The summed E-state index contributed by atoms with van der Waals surface area (Å²) in [6.07, 6.45) is 0. The Labute approximate surface area is 183 Å². The van der Waals surface area contributed by atoms with Gasteiger partial charge in [-0.3, -0.25) is 0 Å². The largest absolute Gasteiger partial charge is 0.454 e. The van der Waals surface area contributed by atoms with E-state index < -0.39 is 0 Å². The third kappa shape index (κ3) is 2.27. The molecular formula is C25H12ClNOS2. The quantitative estimate of drug-likeness (QED) is 0.254. The molecule has 4 aromatic carbocycles. The minimum atomic E-state index is 0.636. The van der Waals surface area contributed by atoms with Crippen LogP contribution in [0, 0.1) is 0 Å². The molecule has 2 nitrogen and oxygen atoms in total. The Kier molecular flexibility index (Phi) is 3.39. The molecule has 0 radical (unpaired) electrons. The van der Waals surface area contributed by atoms with Gasteiger partial charge in [-0.25, -0.2) is 4.98 Å². The van der Waals surface area contributed by atoms with Crippen LogP contribution in [0.5, 0.6) is 0 Å². The van der Waals surface area contributed by atoms with Crippen molar-refractivity contribution in [1.29, 1.82) is 0 Å². The van der Waals surface area contributed by atoms with Gasteiger partial charge in [0.25, 0.3) is 0 Å². The first-order chi connectivity index (χ1) is 14.8. The summed E-state index contributed by atoms with van der Waals surface area (Å²) in [6.45, 7) is 0. The summed E-state index contributed by atoms with van der Waals surface area (Å²) in [5, 5.41) is 6.41. The van der Waals surface area contributed by atoms with Crippen LogP contribution >= 0.6 is 34.3 Å². The lowest BCUT2D eigenvalue weighted by Gasteiger charge is -1.96. The number of thiophene rings is 1. The van der Waals surface area contributed by atoms with Gasteiger partial charge in [0.1, 0.15) is 10.6 Å². The van der Waals surface area contributed by atoms with Gasteiger partial charge in [0.05, 0.1) is 15.2 Å². The summed E-state index contributed by atoms with van der Waals surface area (Å²) in [6, 6.07) is 25.2. The van der Waals surface area contributed by atoms with Crippen LogP contribution in [0.15, 0.2) is 77.2 Å². The Balaban J connectivity index is 1.49. The predicted octanol–water partition coefficient (Wildman–Crippen LogP) is 8.88. The van der Waals surface area contributed by atoms with Crippen LogP contribution in [0.4, 0.5) is 0 Å². The summed E-state index contributed by atoms with van der Waals surface area (Å²) >= 11 is 9.91. The minimum absolute atomic E-state index is 0.636. The standard InChI is InChI=1S/C25H12ClNOS2/c26-17-6-3-5-16-22-19(28-23(16)17)11-10-18-24(22)30-25(27-18)13-8-9-15-14-4-1-2-7-20(14)29-21(15)12-13/h1-12H. The number of para-hydroxylation sites is 1. The average molecular weight is 442 g/mol. The van der Waals surface area contributed by atoms with E-state index in [0.717, 1.165) is 42.7 Å². The number of aromatic nitrogens is 1. The molecule has 0 saturated carbocycles. The van der Waals surface area contributed by atoms with Crippen LogP contribution in [-0.2, 0) is 0 Å². The molecule has 7 aromatic rings. The van der Waals surface area contributed by atoms with E-state index in [4.69, 9.17) is 21.0 Å². The third-order valence-electron chi connectivity index (χ3n) is 5.59. The lowest BCUT2D eigenvalue weighted by molar-refractivity contribution is 0.669. The molecular weight excluding hydrogens is 430 g/mol. The lowest BCUT2D eigenvalue weighted by atomic mass is 10.1. The highest BCUT2D eigenvalue weighted by atomic mass is 35.5. The first-order valence-corrected chi connectivity index (χ1v) is 11.6. The lowest BCUT2D eigenvalue weighted by Crippen LogP contribution is -1.75. The van der Waals surface area contributed by atoms with E-state index in [1.54, 1.807) is 11.3 Å². The van der Waals surface area contributed by atoms with Crippen molar-refractivity contribution in [2.24, 2.45) is 0 Å². The molecule has 0 unspecified atom stereocenters. The highest BCUT2D eigenvalue weighted by Gasteiger charge is 2.16. The summed E-state index contributed by atoms with van der Waals surface area (Å²) in [5.74, 6) is 0. The molecule has 0 aliphatic rings. The molecule has 0 bridgehead atoms. The van der Waals surface area contributed by atoms with Crippen LogP contribution in [0.1, 0.15) is 0 Å². The number of hydrogen-bond donors (Lipinski definition) is 0. The molecule has 0 aliphatic carbocycles. The zero-order valence-electron chi connectivity index (χ0n) is 15.5. The highest BCUT2D eigenvalue weighted by Crippen LogP contribution is 2.42. The fourth-order valence-corrected chi connectivity index (χ4v) is 6.69. The fraction of sp³-hybridized carbons (Fsp3) is 0.